The molecule has 4 nitrogen and oxygen atoms in total. The zero-order valence-electron chi connectivity index (χ0n) is 9.58. The molecule has 17 heavy (non-hydrogen) atoms. The Kier molecular flexibility index (Phi) is 3.82. The van der Waals surface area contributed by atoms with Crippen molar-refractivity contribution in [2.24, 2.45) is 0 Å². The van der Waals surface area contributed by atoms with Gasteiger partial charge >= 0.3 is 6.01 Å². The zero-order chi connectivity index (χ0) is 12.1. The lowest BCUT2D eigenvalue weighted by Crippen LogP contribution is -1.96. The molecule has 1 heterocycles. The van der Waals surface area contributed by atoms with Gasteiger partial charge in [0.1, 0.15) is 5.03 Å². The van der Waals surface area contributed by atoms with E-state index >= 15 is 0 Å². The van der Waals surface area contributed by atoms with Crippen LogP contribution in [0.25, 0.3) is 0 Å². The topological polar surface area (TPSA) is 44.2 Å². The molecule has 5 heteroatoms. The summed E-state index contributed by atoms with van der Waals surface area (Å²) in [6, 6.07) is 12.1. The Labute approximate surface area is 104 Å². The molecule has 0 unspecified atom stereocenters. The van der Waals surface area contributed by atoms with E-state index in [1.807, 2.05) is 30.3 Å². The molecule has 2 rings (SSSR count). The Bertz CT molecular complexity index is 469. The molecule has 0 fully saturated rings. The summed E-state index contributed by atoms with van der Waals surface area (Å²) in [4.78, 5) is 9.39. The molecular weight excluding hydrogens is 236 g/mol. The standard InChI is InChI=1S/C12H12N2O2S/c1-15-10-8-11(14-12(13-10)16-2)17-9-6-4-3-5-7-9/h3-8H,1-2H3. The largest absolute Gasteiger partial charge is 0.481 e. The van der Waals surface area contributed by atoms with Gasteiger partial charge in [-0.05, 0) is 12.1 Å². The van der Waals surface area contributed by atoms with E-state index in [-0.39, 0.29) is 0 Å². The summed E-state index contributed by atoms with van der Waals surface area (Å²) in [5, 5.41) is 0.792. The Balaban J connectivity index is 2.26. The third-order valence-corrected chi connectivity index (χ3v) is 2.94. The summed E-state index contributed by atoms with van der Waals surface area (Å²) < 4.78 is 10.1. The van der Waals surface area contributed by atoms with E-state index in [0.29, 0.717) is 11.9 Å². The molecule has 0 saturated carbocycles. The van der Waals surface area contributed by atoms with Gasteiger partial charge in [0, 0.05) is 11.0 Å². The molecule has 0 N–H and O–H groups in total. The van der Waals surface area contributed by atoms with Crippen LogP contribution < -0.4 is 9.47 Å². The highest BCUT2D eigenvalue weighted by Crippen LogP contribution is 2.28. The molecule has 0 aliphatic carbocycles. The number of rotatable bonds is 4. The van der Waals surface area contributed by atoms with E-state index < -0.39 is 0 Å². The third-order valence-electron chi connectivity index (χ3n) is 2.02. The van der Waals surface area contributed by atoms with Gasteiger partial charge in [0.05, 0.1) is 14.2 Å². The van der Waals surface area contributed by atoms with Gasteiger partial charge in [-0.3, -0.25) is 0 Å². The smallest absolute Gasteiger partial charge is 0.320 e. The lowest BCUT2D eigenvalue weighted by atomic mass is 10.4. The number of hydrogen-bond acceptors (Lipinski definition) is 5. The fourth-order valence-corrected chi connectivity index (χ4v) is 2.06. The average molecular weight is 248 g/mol. The van der Waals surface area contributed by atoms with Crippen molar-refractivity contribution in [3.8, 4) is 11.9 Å². The van der Waals surface area contributed by atoms with Gasteiger partial charge in [-0.15, -0.1) is 0 Å². The summed E-state index contributed by atoms with van der Waals surface area (Å²) in [7, 11) is 3.10. The summed E-state index contributed by atoms with van der Waals surface area (Å²) in [6.07, 6.45) is 0. The lowest BCUT2D eigenvalue weighted by molar-refractivity contribution is 0.347. The number of ether oxygens (including phenoxy) is 2. The minimum Gasteiger partial charge on any atom is -0.481 e. The van der Waals surface area contributed by atoms with Crippen molar-refractivity contribution in [1.82, 2.24) is 9.97 Å². The van der Waals surface area contributed by atoms with Crippen LogP contribution in [-0.2, 0) is 0 Å². The molecule has 0 spiro atoms. The minimum atomic E-state index is 0.308. The van der Waals surface area contributed by atoms with Crippen LogP contribution in [0.4, 0.5) is 0 Å². The van der Waals surface area contributed by atoms with Gasteiger partial charge in [0.2, 0.25) is 5.88 Å². The number of nitrogens with zero attached hydrogens (tertiary/aromatic N) is 2. The molecule has 0 saturated heterocycles. The van der Waals surface area contributed by atoms with Crippen LogP contribution in [-0.4, -0.2) is 24.2 Å². The molecule has 0 aliphatic heterocycles. The molecule has 1 aromatic carbocycles. The second-order valence-electron chi connectivity index (χ2n) is 3.15. The van der Waals surface area contributed by atoms with E-state index in [1.165, 1.54) is 18.9 Å². The maximum Gasteiger partial charge on any atom is 0.320 e. The van der Waals surface area contributed by atoms with Gasteiger partial charge < -0.3 is 9.47 Å². The van der Waals surface area contributed by atoms with Crippen molar-refractivity contribution < 1.29 is 9.47 Å². The van der Waals surface area contributed by atoms with Crippen LogP contribution in [0.3, 0.4) is 0 Å². The molecule has 0 amide bonds. The fraction of sp³-hybridized carbons (Fsp3) is 0.167. The first kappa shape index (κ1) is 11.7. The first-order chi connectivity index (χ1) is 8.31. The van der Waals surface area contributed by atoms with Crippen LogP contribution in [0.2, 0.25) is 0 Å². The first-order valence-electron chi connectivity index (χ1n) is 5.02. The summed E-state index contributed by atoms with van der Waals surface area (Å²) >= 11 is 1.54. The molecule has 88 valence electrons. The minimum absolute atomic E-state index is 0.308. The number of hydrogen-bond donors (Lipinski definition) is 0. The predicted molar refractivity (Wildman–Crippen MR) is 65.7 cm³/mol. The van der Waals surface area contributed by atoms with Crippen LogP contribution in [0.1, 0.15) is 0 Å². The normalized spacial score (nSPS) is 10.0. The Morgan fingerprint density at radius 1 is 1.00 bits per heavy atom. The van der Waals surface area contributed by atoms with Crippen molar-refractivity contribution in [2.45, 2.75) is 9.92 Å². The lowest BCUT2D eigenvalue weighted by Gasteiger charge is -2.05. The molecule has 0 radical (unpaired) electrons. The third kappa shape index (κ3) is 3.10. The van der Waals surface area contributed by atoms with E-state index in [0.717, 1.165) is 9.92 Å². The van der Waals surface area contributed by atoms with E-state index in [2.05, 4.69) is 9.97 Å². The second kappa shape index (κ2) is 5.54. The molecule has 2 aromatic rings. The van der Waals surface area contributed by atoms with Gasteiger partial charge in [-0.1, -0.05) is 30.0 Å². The summed E-state index contributed by atoms with van der Waals surface area (Å²) in [6.45, 7) is 0. The predicted octanol–water partition coefficient (Wildman–Crippen LogP) is 2.65. The van der Waals surface area contributed by atoms with Crippen molar-refractivity contribution in [3.63, 3.8) is 0 Å². The van der Waals surface area contributed by atoms with Crippen LogP contribution in [0.15, 0.2) is 46.3 Å². The van der Waals surface area contributed by atoms with Crippen molar-refractivity contribution in [3.05, 3.63) is 36.4 Å². The van der Waals surface area contributed by atoms with Crippen molar-refractivity contribution in [2.75, 3.05) is 14.2 Å². The Morgan fingerprint density at radius 2 is 1.76 bits per heavy atom. The van der Waals surface area contributed by atoms with Crippen molar-refractivity contribution in [1.29, 1.82) is 0 Å². The van der Waals surface area contributed by atoms with Crippen LogP contribution in [0, 0.1) is 0 Å². The van der Waals surface area contributed by atoms with Gasteiger partial charge in [-0.25, -0.2) is 0 Å². The highest BCUT2D eigenvalue weighted by atomic mass is 32.2. The highest BCUT2D eigenvalue weighted by Gasteiger charge is 2.06. The first-order valence-corrected chi connectivity index (χ1v) is 5.83. The SMILES string of the molecule is COc1cc(Sc2ccccc2)nc(OC)n1. The van der Waals surface area contributed by atoms with E-state index in [4.69, 9.17) is 9.47 Å². The van der Waals surface area contributed by atoms with Gasteiger partial charge in [-0.2, -0.15) is 9.97 Å². The average Bonchev–Trinajstić information content (AvgIpc) is 2.39. The molecule has 0 atom stereocenters. The Hall–Kier alpha value is -1.75. The van der Waals surface area contributed by atoms with Gasteiger partial charge in [0.25, 0.3) is 0 Å². The number of aromatic nitrogens is 2. The van der Waals surface area contributed by atoms with E-state index in [1.54, 1.807) is 13.2 Å². The quantitative estimate of drug-likeness (QED) is 0.778. The van der Waals surface area contributed by atoms with Crippen LogP contribution >= 0.6 is 11.8 Å². The van der Waals surface area contributed by atoms with Crippen molar-refractivity contribution >= 4 is 11.8 Å². The monoisotopic (exact) mass is 248 g/mol. The maximum atomic E-state index is 5.09. The molecule has 0 bridgehead atoms. The fourth-order valence-electron chi connectivity index (χ4n) is 1.24. The van der Waals surface area contributed by atoms with Gasteiger partial charge in [0.15, 0.2) is 0 Å². The van der Waals surface area contributed by atoms with E-state index in [9.17, 15) is 0 Å². The number of benzene rings is 1. The molecule has 0 aliphatic rings. The van der Waals surface area contributed by atoms with Crippen LogP contribution in [0.5, 0.6) is 11.9 Å². The zero-order valence-corrected chi connectivity index (χ0v) is 10.4. The second-order valence-corrected chi connectivity index (χ2v) is 4.24. The summed E-state index contributed by atoms with van der Waals surface area (Å²) in [5.74, 6) is 0.496. The maximum absolute atomic E-state index is 5.09. The Morgan fingerprint density at radius 3 is 2.41 bits per heavy atom. The molecular formula is C12H12N2O2S. The highest BCUT2D eigenvalue weighted by molar-refractivity contribution is 7.99. The number of methoxy groups -OCH3 is 2. The summed E-state index contributed by atoms with van der Waals surface area (Å²) in [5.41, 5.74) is 0. The molecule has 1 aromatic heterocycles.